The van der Waals surface area contributed by atoms with Gasteiger partial charge in [0.05, 0.1) is 12.8 Å². The molecule has 3 N–H and O–H groups in total. The summed E-state index contributed by atoms with van der Waals surface area (Å²) in [4.78, 5) is 8.45. The van der Waals surface area contributed by atoms with Crippen LogP contribution in [-0.2, 0) is 0 Å². The van der Waals surface area contributed by atoms with Crippen LogP contribution in [0.25, 0.3) is 11.3 Å². The molecule has 0 radical (unpaired) electrons. The number of aliphatic imine (C=N–C) groups is 1. The molecule has 0 amide bonds. The molecule has 0 saturated heterocycles. The monoisotopic (exact) mass is 433 g/mol. The molecule has 2 aromatic rings. The van der Waals surface area contributed by atoms with Crippen LogP contribution >= 0.6 is 24.0 Å². The number of hydrogen-bond acceptors (Lipinski definition) is 8. The molecule has 0 spiro atoms. The van der Waals surface area contributed by atoms with Crippen molar-refractivity contribution in [2.24, 2.45) is 15.2 Å². The molecule has 2 rings (SSSR count). The van der Waals surface area contributed by atoms with Crippen molar-refractivity contribution in [3.63, 3.8) is 0 Å². The molecule has 9 nitrogen and oxygen atoms in total. The molecule has 0 unspecified atom stereocenters. The van der Waals surface area contributed by atoms with Crippen LogP contribution < -0.4 is 20.9 Å². The molecular formula is C18H23N7O2S2. The highest BCUT2D eigenvalue weighted by atomic mass is 32.2. The van der Waals surface area contributed by atoms with E-state index in [0.717, 1.165) is 11.3 Å². The lowest BCUT2D eigenvalue weighted by Crippen LogP contribution is -2.31. The molecule has 0 bridgehead atoms. The molecule has 0 fully saturated rings. The van der Waals surface area contributed by atoms with Crippen molar-refractivity contribution < 1.29 is 9.15 Å². The Kier molecular flexibility index (Phi) is 8.62. The van der Waals surface area contributed by atoms with Crippen LogP contribution in [0.15, 0.2) is 50.3 Å². The van der Waals surface area contributed by atoms with Crippen molar-refractivity contribution in [1.82, 2.24) is 21.2 Å². The Morgan fingerprint density at radius 1 is 1.21 bits per heavy atom. The summed E-state index contributed by atoms with van der Waals surface area (Å²) < 4.78 is 10.9. The topological polar surface area (TPSA) is 108 Å². The third-order valence-corrected chi connectivity index (χ3v) is 4.65. The number of nitrogens with zero attached hydrogens (tertiary/aromatic N) is 4. The van der Waals surface area contributed by atoms with Gasteiger partial charge in [-0.25, -0.2) is 4.98 Å². The second kappa shape index (κ2) is 11.2. The summed E-state index contributed by atoms with van der Waals surface area (Å²) in [5.74, 6) is 1.29. The van der Waals surface area contributed by atoms with Crippen molar-refractivity contribution in [3.8, 4) is 17.1 Å². The van der Waals surface area contributed by atoms with Gasteiger partial charge >= 0.3 is 0 Å². The third kappa shape index (κ3) is 6.03. The zero-order valence-corrected chi connectivity index (χ0v) is 18.4. The third-order valence-electron chi connectivity index (χ3n) is 3.70. The summed E-state index contributed by atoms with van der Waals surface area (Å²) in [6, 6.07) is 7.45. The summed E-state index contributed by atoms with van der Waals surface area (Å²) in [6.45, 7) is 1.80. The average Bonchev–Trinajstić information content (AvgIpc) is 3.24. The number of hydrazone groups is 2. The van der Waals surface area contributed by atoms with E-state index in [1.165, 1.54) is 18.2 Å². The van der Waals surface area contributed by atoms with Crippen LogP contribution in [0.4, 0.5) is 0 Å². The minimum Gasteiger partial charge on any atom is -0.497 e. The molecule has 1 aromatic carbocycles. The van der Waals surface area contributed by atoms with E-state index >= 15 is 0 Å². The van der Waals surface area contributed by atoms with Crippen LogP contribution in [0.2, 0.25) is 0 Å². The van der Waals surface area contributed by atoms with Gasteiger partial charge in [0.2, 0.25) is 0 Å². The van der Waals surface area contributed by atoms with E-state index in [1.807, 2.05) is 30.5 Å². The minimum absolute atomic E-state index is 0.359. The minimum atomic E-state index is 0.359. The van der Waals surface area contributed by atoms with E-state index in [2.05, 4.69) is 36.3 Å². The van der Waals surface area contributed by atoms with E-state index < -0.39 is 0 Å². The number of benzene rings is 1. The number of amidine groups is 1. The van der Waals surface area contributed by atoms with Gasteiger partial charge in [-0.15, -0.1) is 0 Å². The summed E-state index contributed by atoms with van der Waals surface area (Å²) in [6.07, 6.45) is 3.27. The number of hydrogen-bond donors (Lipinski definition) is 3. The lowest BCUT2D eigenvalue weighted by molar-refractivity contribution is 0.415. The molecule has 0 saturated carbocycles. The van der Waals surface area contributed by atoms with E-state index in [1.54, 1.807) is 28.1 Å². The van der Waals surface area contributed by atoms with Gasteiger partial charge in [-0.1, -0.05) is 11.8 Å². The highest BCUT2D eigenvalue weighted by molar-refractivity contribution is 8.13. The SMILES string of the molecule is CN=C(N/N=C(C)/C(=N/NC(=S)NC)c1ncoc1-c1ccc(OC)cc1)SC. The fraction of sp³-hybridized carbons (Fsp3) is 0.278. The summed E-state index contributed by atoms with van der Waals surface area (Å²) in [7, 11) is 5.00. The highest BCUT2D eigenvalue weighted by Crippen LogP contribution is 2.26. The summed E-state index contributed by atoms with van der Waals surface area (Å²) >= 11 is 6.57. The Hall–Kier alpha value is -2.92. The maximum absolute atomic E-state index is 5.64. The van der Waals surface area contributed by atoms with Gasteiger partial charge < -0.3 is 14.5 Å². The van der Waals surface area contributed by atoms with Gasteiger partial charge in [-0.2, -0.15) is 10.2 Å². The standard InChI is InChI=1S/C18H23N7O2S2/c1-11(22-25-18(20-3)29-5)14(23-24-17(28)19-2)15-16(27-10-21-15)12-6-8-13(26-4)9-7-12/h6-10H,1-5H3,(H,20,25)(H2,19,24,28)/b22-11+,23-14-. The predicted octanol–water partition coefficient (Wildman–Crippen LogP) is 2.46. The Balaban J connectivity index is 2.45. The molecule has 0 atom stereocenters. The Bertz CT molecular complexity index is 921. The van der Waals surface area contributed by atoms with Crippen LogP contribution in [0.1, 0.15) is 12.6 Å². The number of oxazole rings is 1. The second-order valence-electron chi connectivity index (χ2n) is 5.45. The average molecular weight is 434 g/mol. The normalized spacial score (nSPS) is 12.5. The fourth-order valence-corrected chi connectivity index (χ4v) is 2.57. The summed E-state index contributed by atoms with van der Waals surface area (Å²) in [5.41, 5.74) is 8.05. The van der Waals surface area contributed by atoms with E-state index in [-0.39, 0.29) is 0 Å². The van der Waals surface area contributed by atoms with E-state index in [4.69, 9.17) is 21.4 Å². The first kappa shape index (κ1) is 22.4. The molecule has 0 aliphatic carbocycles. The Labute approximate surface area is 179 Å². The van der Waals surface area contributed by atoms with Crippen LogP contribution in [-0.4, -0.2) is 54.1 Å². The summed E-state index contributed by atoms with van der Waals surface area (Å²) in [5, 5.41) is 12.6. The van der Waals surface area contributed by atoms with Gasteiger partial charge in [0.15, 0.2) is 22.4 Å². The van der Waals surface area contributed by atoms with Crippen molar-refractivity contribution in [1.29, 1.82) is 0 Å². The zero-order chi connectivity index (χ0) is 21.2. The van der Waals surface area contributed by atoms with Crippen LogP contribution in [0, 0.1) is 0 Å². The smallest absolute Gasteiger partial charge is 0.186 e. The first-order valence-corrected chi connectivity index (χ1v) is 10.1. The molecule has 29 heavy (non-hydrogen) atoms. The van der Waals surface area contributed by atoms with Gasteiger partial charge in [0.1, 0.15) is 17.2 Å². The van der Waals surface area contributed by atoms with E-state index in [9.17, 15) is 0 Å². The molecule has 0 aliphatic heterocycles. The number of aromatic nitrogens is 1. The molecule has 154 valence electrons. The molecule has 0 aliphatic rings. The zero-order valence-electron chi connectivity index (χ0n) is 16.8. The molecule has 11 heteroatoms. The van der Waals surface area contributed by atoms with Crippen molar-refractivity contribution in [3.05, 3.63) is 36.4 Å². The maximum atomic E-state index is 5.64. The van der Waals surface area contributed by atoms with Crippen molar-refractivity contribution >= 4 is 45.7 Å². The lowest BCUT2D eigenvalue weighted by Gasteiger charge is -2.09. The number of thioether (sulfide) groups is 1. The lowest BCUT2D eigenvalue weighted by atomic mass is 10.1. The van der Waals surface area contributed by atoms with Gasteiger partial charge in [-0.3, -0.25) is 15.8 Å². The maximum Gasteiger partial charge on any atom is 0.186 e. The van der Waals surface area contributed by atoms with E-state index in [0.29, 0.717) is 33.2 Å². The van der Waals surface area contributed by atoms with Crippen LogP contribution in [0.5, 0.6) is 5.75 Å². The molecular weight excluding hydrogens is 410 g/mol. The van der Waals surface area contributed by atoms with Crippen molar-refractivity contribution in [2.45, 2.75) is 6.92 Å². The first-order chi connectivity index (χ1) is 14.0. The number of ether oxygens (including phenoxy) is 1. The fourth-order valence-electron chi connectivity index (χ4n) is 2.20. The first-order valence-electron chi connectivity index (χ1n) is 8.49. The quantitative estimate of drug-likeness (QED) is 0.276. The predicted molar refractivity (Wildman–Crippen MR) is 123 cm³/mol. The molecule has 1 heterocycles. The largest absolute Gasteiger partial charge is 0.497 e. The highest BCUT2D eigenvalue weighted by Gasteiger charge is 2.20. The second-order valence-corrected chi connectivity index (χ2v) is 6.66. The van der Waals surface area contributed by atoms with Crippen molar-refractivity contribution in [2.75, 3.05) is 27.5 Å². The van der Waals surface area contributed by atoms with Gasteiger partial charge in [0.25, 0.3) is 0 Å². The van der Waals surface area contributed by atoms with Crippen LogP contribution in [0.3, 0.4) is 0 Å². The number of nitrogens with one attached hydrogen (secondary N) is 3. The number of rotatable bonds is 6. The molecule has 1 aromatic heterocycles. The number of thiocarbonyl (C=S) groups is 1. The van der Waals surface area contributed by atoms with Gasteiger partial charge in [0, 0.05) is 19.7 Å². The van der Waals surface area contributed by atoms with Gasteiger partial charge in [-0.05, 0) is 49.7 Å². The Morgan fingerprint density at radius 2 is 1.93 bits per heavy atom. The Morgan fingerprint density at radius 3 is 2.52 bits per heavy atom. The number of methoxy groups -OCH3 is 1.